The Bertz CT molecular complexity index is 1270. The molecule has 1 aliphatic rings. The van der Waals surface area contributed by atoms with Crippen molar-refractivity contribution in [3.63, 3.8) is 0 Å². The molecule has 0 aromatic heterocycles. The highest BCUT2D eigenvalue weighted by atomic mass is 32.2. The zero-order valence-corrected chi connectivity index (χ0v) is 19.2. The number of ether oxygens (including phenoxy) is 2. The number of amides is 1. The quantitative estimate of drug-likeness (QED) is 0.576. The number of carbonyl (C=O) groups excluding carboxylic acids is 1. The second kappa shape index (κ2) is 8.99. The van der Waals surface area contributed by atoms with Crippen LogP contribution < -0.4 is 15.2 Å². The normalized spacial score (nSPS) is 24.9. The van der Waals surface area contributed by atoms with Gasteiger partial charge >= 0.3 is 6.18 Å². The van der Waals surface area contributed by atoms with Crippen molar-refractivity contribution in [1.29, 1.82) is 0 Å². The van der Waals surface area contributed by atoms with E-state index < -0.39 is 73.7 Å². The average molecular weight is 526 g/mol. The predicted molar refractivity (Wildman–Crippen MR) is 111 cm³/mol. The Hall–Kier alpha value is -2.84. The minimum Gasteiger partial charge on any atom is -0.493 e. The Morgan fingerprint density at radius 1 is 1.14 bits per heavy atom. The van der Waals surface area contributed by atoms with E-state index in [1.165, 1.54) is 0 Å². The first-order valence-corrected chi connectivity index (χ1v) is 11.5. The van der Waals surface area contributed by atoms with E-state index in [0.717, 1.165) is 26.2 Å². The molecule has 2 aromatic rings. The summed E-state index contributed by atoms with van der Waals surface area (Å²) in [5.41, 5.74) is -3.45. The highest BCUT2D eigenvalue weighted by Crippen LogP contribution is 2.55. The SMILES string of the molecule is COc1c([C@H]2[C@H](C(=O)Nc3ccc(F)c(S(N)(=O)=O)c3)O[C@@](C)(C(F)(F)F)[C@H]2C)ccc(F)c1F. The van der Waals surface area contributed by atoms with Crippen LogP contribution in [0.4, 0.5) is 32.0 Å². The maximum absolute atomic E-state index is 14.4. The lowest BCUT2D eigenvalue weighted by molar-refractivity contribution is -0.272. The molecular formula is C21H20F6N2O5S. The molecule has 1 heterocycles. The van der Waals surface area contributed by atoms with E-state index in [4.69, 9.17) is 14.6 Å². The van der Waals surface area contributed by atoms with Gasteiger partial charge in [0.1, 0.15) is 16.8 Å². The molecule has 3 N–H and O–H groups in total. The third-order valence-corrected chi connectivity index (χ3v) is 7.00. The number of nitrogens with one attached hydrogen (secondary N) is 1. The summed E-state index contributed by atoms with van der Waals surface area (Å²) in [7, 11) is -3.55. The second-order valence-corrected chi connectivity index (χ2v) is 9.65. The van der Waals surface area contributed by atoms with Gasteiger partial charge in [-0.3, -0.25) is 4.79 Å². The number of carbonyl (C=O) groups is 1. The van der Waals surface area contributed by atoms with Gasteiger partial charge in [-0.1, -0.05) is 13.0 Å². The fourth-order valence-corrected chi connectivity index (χ4v) is 4.68. The summed E-state index contributed by atoms with van der Waals surface area (Å²) in [4.78, 5) is 12.1. The first-order valence-electron chi connectivity index (χ1n) is 9.92. The number of sulfonamides is 1. The highest BCUT2D eigenvalue weighted by Gasteiger charge is 2.65. The monoisotopic (exact) mass is 526 g/mol. The Balaban J connectivity index is 2.10. The van der Waals surface area contributed by atoms with Gasteiger partial charge in [-0.25, -0.2) is 22.3 Å². The van der Waals surface area contributed by atoms with E-state index in [1.807, 2.05) is 0 Å². The van der Waals surface area contributed by atoms with Crippen LogP contribution in [-0.4, -0.2) is 39.3 Å². The minimum atomic E-state index is -4.97. The van der Waals surface area contributed by atoms with Crippen molar-refractivity contribution in [2.75, 3.05) is 12.4 Å². The molecule has 0 saturated carbocycles. The van der Waals surface area contributed by atoms with Gasteiger partial charge in [-0.15, -0.1) is 0 Å². The van der Waals surface area contributed by atoms with E-state index in [2.05, 4.69) is 5.32 Å². The minimum absolute atomic E-state index is 0.253. The molecule has 7 nitrogen and oxygen atoms in total. The van der Waals surface area contributed by atoms with Crippen molar-refractivity contribution < 1.29 is 49.0 Å². The van der Waals surface area contributed by atoms with Crippen molar-refractivity contribution in [2.45, 2.75) is 42.5 Å². The molecule has 35 heavy (non-hydrogen) atoms. The smallest absolute Gasteiger partial charge is 0.417 e. The van der Waals surface area contributed by atoms with Crippen LogP contribution in [0.1, 0.15) is 25.3 Å². The number of primary sulfonamides is 1. The van der Waals surface area contributed by atoms with E-state index >= 15 is 0 Å². The average Bonchev–Trinajstić information content (AvgIpc) is 3.02. The third-order valence-electron chi connectivity index (χ3n) is 6.08. The standard InChI is InChI=1S/C21H20F6N2O5S/c1-9-15(11-5-7-13(23)16(24)17(11)33-3)18(34-20(9,2)21(25,26)27)19(30)29-10-4-6-12(22)14(8-10)35(28,31)32/h4-9,15,18H,1-3H3,(H,29,30)(H2,28,31,32)/t9-,15-,18+,20+/m0/s1. The molecule has 3 rings (SSSR count). The van der Waals surface area contributed by atoms with Crippen LogP contribution in [0.15, 0.2) is 35.2 Å². The maximum atomic E-state index is 14.4. The lowest BCUT2D eigenvalue weighted by Crippen LogP contribution is -2.47. The largest absolute Gasteiger partial charge is 0.493 e. The number of nitrogens with two attached hydrogens (primary N) is 1. The zero-order valence-electron chi connectivity index (χ0n) is 18.4. The van der Waals surface area contributed by atoms with Crippen LogP contribution in [0.3, 0.4) is 0 Å². The number of benzene rings is 2. The Morgan fingerprint density at radius 2 is 1.74 bits per heavy atom. The van der Waals surface area contributed by atoms with Crippen LogP contribution in [0, 0.1) is 23.4 Å². The zero-order chi connectivity index (χ0) is 26.5. The van der Waals surface area contributed by atoms with Gasteiger partial charge in [-0.05, 0) is 31.2 Å². The van der Waals surface area contributed by atoms with Crippen LogP contribution in [0.5, 0.6) is 5.75 Å². The number of hydrogen-bond donors (Lipinski definition) is 2. The lowest BCUT2D eigenvalue weighted by Gasteiger charge is -2.32. The van der Waals surface area contributed by atoms with Crippen molar-refractivity contribution >= 4 is 21.6 Å². The van der Waals surface area contributed by atoms with Crippen LogP contribution in [0.2, 0.25) is 0 Å². The van der Waals surface area contributed by atoms with Gasteiger partial charge in [0, 0.05) is 23.1 Å². The van der Waals surface area contributed by atoms with Crippen molar-refractivity contribution in [3.05, 3.63) is 53.3 Å². The summed E-state index contributed by atoms with van der Waals surface area (Å²) in [5.74, 6) is -8.87. The maximum Gasteiger partial charge on any atom is 0.417 e. The van der Waals surface area contributed by atoms with Gasteiger partial charge in [0.15, 0.2) is 17.2 Å². The van der Waals surface area contributed by atoms with Crippen molar-refractivity contribution in [1.82, 2.24) is 0 Å². The summed E-state index contributed by atoms with van der Waals surface area (Å²) < 4.78 is 117. The molecule has 1 amide bonds. The first-order chi connectivity index (χ1) is 16.0. The summed E-state index contributed by atoms with van der Waals surface area (Å²) in [6.45, 7) is 1.84. The lowest BCUT2D eigenvalue weighted by atomic mass is 9.77. The summed E-state index contributed by atoms with van der Waals surface area (Å²) in [6, 6.07) is 3.98. The molecule has 0 spiro atoms. The molecule has 14 heteroatoms. The molecule has 192 valence electrons. The predicted octanol–water partition coefficient (Wildman–Crippen LogP) is 3.84. The molecule has 0 unspecified atom stereocenters. The Kier molecular flexibility index (Phi) is 6.87. The molecule has 1 saturated heterocycles. The van der Waals surface area contributed by atoms with Gasteiger partial charge in [0.25, 0.3) is 5.91 Å². The molecule has 0 aliphatic carbocycles. The summed E-state index contributed by atoms with van der Waals surface area (Å²) in [5, 5.41) is 7.10. The topological polar surface area (TPSA) is 108 Å². The summed E-state index contributed by atoms with van der Waals surface area (Å²) >= 11 is 0. The fourth-order valence-electron chi connectivity index (χ4n) is 4.05. The highest BCUT2D eigenvalue weighted by molar-refractivity contribution is 7.89. The molecule has 1 aliphatic heterocycles. The number of methoxy groups -OCH3 is 1. The van der Waals surface area contributed by atoms with Gasteiger partial charge in [0.2, 0.25) is 15.8 Å². The molecular weight excluding hydrogens is 506 g/mol. The van der Waals surface area contributed by atoms with Crippen molar-refractivity contribution in [3.8, 4) is 5.75 Å². The van der Waals surface area contributed by atoms with E-state index in [9.17, 15) is 39.6 Å². The van der Waals surface area contributed by atoms with Crippen LogP contribution >= 0.6 is 0 Å². The molecule has 4 atom stereocenters. The van der Waals surface area contributed by atoms with Gasteiger partial charge in [0.05, 0.1) is 7.11 Å². The summed E-state index contributed by atoms with van der Waals surface area (Å²) in [6.07, 6.45) is -6.89. The fraction of sp³-hybridized carbons (Fsp3) is 0.381. The molecule has 0 bridgehead atoms. The number of alkyl halides is 3. The third kappa shape index (κ3) is 4.69. The van der Waals surface area contributed by atoms with E-state index in [1.54, 1.807) is 0 Å². The Morgan fingerprint density at radius 3 is 2.29 bits per heavy atom. The Labute approximate surface area is 196 Å². The number of hydrogen-bond acceptors (Lipinski definition) is 5. The molecule has 2 aromatic carbocycles. The van der Waals surface area contributed by atoms with Crippen LogP contribution in [-0.2, 0) is 19.6 Å². The van der Waals surface area contributed by atoms with E-state index in [0.29, 0.717) is 25.1 Å². The molecule has 0 radical (unpaired) electrons. The van der Waals surface area contributed by atoms with Gasteiger partial charge in [-0.2, -0.15) is 17.6 Å². The first kappa shape index (κ1) is 26.8. The molecule has 1 fully saturated rings. The van der Waals surface area contributed by atoms with Gasteiger partial charge < -0.3 is 14.8 Å². The number of anilines is 1. The van der Waals surface area contributed by atoms with Crippen molar-refractivity contribution in [2.24, 2.45) is 11.1 Å². The van der Waals surface area contributed by atoms with E-state index in [-0.39, 0.29) is 11.3 Å². The second-order valence-electron chi connectivity index (χ2n) is 8.12. The van der Waals surface area contributed by atoms with Crippen LogP contribution in [0.25, 0.3) is 0 Å². The number of rotatable bonds is 5. The number of halogens is 6.